The Kier molecular flexibility index (Phi) is 6.61. The molecule has 0 radical (unpaired) electrons. The van der Waals surface area contributed by atoms with Crippen LogP contribution >= 0.6 is 0 Å². The molecule has 2 aliphatic rings. The first-order chi connectivity index (χ1) is 10.7. The highest BCUT2D eigenvalue weighted by atomic mass is 19.1. The average Bonchev–Trinajstić information content (AvgIpc) is 2.76. The van der Waals surface area contributed by atoms with Gasteiger partial charge in [-0.1, -0.05) is 25.0 Å². The van der Waals surface area contributed by atoms with Crippen molar-refractivity contribution in [3.05, 3.63) is 35.6 Å². The molecule has 0 aliphatic heterocycles. The number of methoxy groups -OCH3 is 1. The molecule has 4 nitrogen and oxygen atoms in total. The van der Waals surface area contributed by atoms with Crippen molar-refractivity contribution in [1.29, 1.82) is 0 Å². The van der Waals surface area contributed by atoms with Gasteiger partial charge in [-0.25, -0.2) is 4.39 Å². The van der Waals surface area contributed by atoms with E-state index in [-0.39, 0.29) is 12.1 Å². The number of allylic oxidation sites excluding steroid dienone is 4. The summed E-state index contributed by atoms with van der Waals surface area (Å²) in [6.45, 7) is -0.592. The summed E-state index contributed by atoms with van der Waals surface area (Å²) in [7, 11) is 1.57. The van der Waals surface area contributed by atoms with E-state index < -0.39 is 12.7 Å². The summed E-state index contributed by atoms with van der Waals surface area (Å²) in [6, 6.07) is -0.0910. The molecule has 0 aromatic heterocycles. The van der Waals surface area contributed by atoms with E-state index in [1.807, 2.05) is 12.2 Å². The molecule has 5 heteroatoms. The van der Waals surface area contributed by atoms with E-state index in [0.717, 1.165) is 24.1 Å². The molecule has 0 spiro atoms. The number of hydrogen-bond acceptors (Lipinski definition) is 4. The highest BCUT2D eigenvalue weighted by Gasteiger charge is 2.23. The third-order valence-corrected chi connectivity index (χ3v) is 4.49. The van der Waals surface area contributed by atoms with Gasteiger partial charge in [-0.15, -0.1) is 0 Å². The van der Waals surface area contributed by atoms with Crippen molar-refractivity contribution in [2.24, 2.45) is 11.5 Å². The fraction of sp³-hybridized carbons (Fsp3) is 0.647. The molecule has 0 heterocycles. The van der Waals surface area contributed by atoms with Gasteiger partial charge < -0.3 is 21.5 Å². The Morgan fingerprint density at radius 1 is 1.36 bits per heavy atom. The van der Waals surface area contributed by atoms with Gasteiger partial charge in [-0.2, -0.15) is 0 Å². The zero-order valence-electron chi connectivity index (χ0n) is 13.3. The summed E-state index contributed by atoms with van der Waals surface area (Å²) in [5.41, 5.74) is 14.0. The summed E-state index contributed by atoms with van der Waals surface area (Å²) < 4.78 is 18.2. The van der Waals surface area contributed by atoms with E-state index in [1.165, 1.54) is 12.8 Å². The first-order valence-electron chi connectivity index (χ1n) is 8.09. The molecule has 5 N–H and O–H groups in total. The molecule has 4 unspecified atom stereocenters. The molecule has 0 amide bonds. The number of ether oxygens (including phenoxy) is 1. The van der Waals surface area contributed by atoms with E-state index in [1.54, 1.807) is 7.11 Å². The van der Waals surface area contributed by atoms with Crippen LogP contribution in [0.4, 0.5) is 4.39 Å². The quantitative estimate of drug-likeness (QED) is 0.701. The van der Waals surface area contributed by atoms with Gasteiger partial charge in [-0.3, -0.25) is 0 Å². The number of rotatable bonds is 6. The van der Waals surface area contributed by atoms with Crippen molar-refractivity contribution in [1.82, 2.24) is 5.32 Å². The third kappa shape index (κ3) is 4.41. The molecule has 2 aliphatic carbocycles. The Morgan fingerprint density at radius 3 is 2.82 bits per heavy atom. The van der Waals surface area contributed by atoms with Crippen LogP contribution in [0.1, 0.15) is 32.1 Å². The lowest BCUT2D eigenvalue weighted by atomic mass is 9.91. The smallest absolute Gasteiger partial charge is 0.107 e. The van der Waals surface area contributed by atoms with Crippen molar-refractivity contribution in [3.8, 4) is 0 Å². The molecule has 4 atom stereocenters. The summed E-state index contributed by atoms with van der Waals surface area (Å²) in [5.74, 6) is 0. The minimum Gasteiger partial charge on any atom is -0.381 e. The Bertz CT molecular complexity index is 447. The van der Waals surface area contributed by atoms with E-state index >= 15 is 0 Å². The van der Waals surface area contributed by atoms with Gasteiger partial charge in [0.15, 0.2) is 0 Å². The highest BCUT2D eigenvalue weighted by Crippen LogP contribution is 2.21. The van der Waals surface area contributed by atoms with Crippen LogP contribution in [0.2, 0.25) is 0 Å². The molecule has 124 valence electrons. The van der Waals surface area contributed by atoms with Crippen LogP contribution in [-0.4, -0.2) is 38.0 Å². The van der Waals surface area contributed by atoms with Crippen LogP contribution in [0.15, 0.2) is 35.6 Å². The van der Waals surface area contributed by atoms with Crippen LogP contribution in [-0.2, 0) is 4.74 Å². The zero-order valence-corrected chi connectivity index (χ0v) is 13.3. The van der Waals surface area contributed by atoms with Gasteiger partial charge in [0.1, 0.15) is 6.67 Å². The van der Waals surface area contributed by atoms with E-state index in [4.69, 9.17) is 16.2 Å². The van der Waals surface area contributed by atoms with Crippen molar-refractivity contribution in [2.45, 2.75) is 56.3 Å². The summed E-state index contributed by atoms with van der Waals surface area (Å²) >= 11 is 0. The number of nitrogens with two attached hydrogens (primary N) is 2. The lowest BCUT2D eigenvalue weighted by molar-refractivity contribution is 0.0983. The molecule has 22 heavy (non-hydrogen) atoms. The minimum atomic E-state index is -0.626. The molecule has 1 saturated carbocycles. The Balaban J connectivity index is 2.04. The predicted octanol–water partition coefficient (Wildman–Crippen LogP) is 1.93. The Hall–Kier alpha value is -1.17. The molecular weight excluding hydrogens is 281 g/mol. The SMILES string of the molecule is COC(C1=CC=C(NC2CCCCC2N)C=CC1)C(N)CF. The largest absolute Gasteiger partial charge is 0.381 e. The van der Waals surface area contributed by atoms with Crippen molar-refractivity contribution in [3.63, 3.8) is 0 Å². The molecular formula is C17H28FN3O. The lowest BCUT2D eigenvalue weighted by Crippen LogP contribution is -2.46. The van der Waals surface area contributed by atoms with Crippen molar-refractivity contribution < 1.29 is 9.13 Å². The number of hydrogen-bond donors (Lipinski definition) is 3. The maximum Gasteiger partial charge on any atom is 0.107 e. The van der Waals surface area contributed by atoms with Gasteiger partial charge in [0.25, 0.3) is 0 Å². The number of nitrogens with one attached hydrogen (secondary N) is 1. The van der Waals surface area contributed by atoms with Gasteiger partial charge in [0.05, 0.1) is 12.1 Å². The average molecular weight is 309 g/mol. The summed E-state index contributed by atoms with van der Waals surface area (Å²) in [5, 5.41) is 3.53. The second-order valence-electron chi connectivity index (χ2n) is 6.14. The van der Waals surface area contributed by atoms with Gasteiger partial charge >= 0.3 is 0 Å². The molecule has 0 bridgehead atoms. The highest BCUT2D eigenvalue weighted by molar-refractivity contribution is 5.32. The van der Waals surface area contributed by atoms with Crippen LogP contribution < -0.4 is 16.8 Å². The van der Waals surface area contributed by atoms with E-state index in [2.05, 4.69) is 17.5 Å². The molecule has 0 saturated heterocycles. The predicted molar refractivity (Wildman–Crippen MR) is 88.0 cm³/mol. The maximum atomic E-state index is 12.8. The fourth-order valence-electron chi connectivity index (χ4n) is 3.18. The van der Waals surface area contributed by atoms with E-state index in [0.29, 0.717) is 12.5 Å². The monoisotopic (exact) mass is 309 g/mol. The first-order valence-corrected chi connectivity index (χ1v) is 8.09. The van der Waals surface area contributed by atoms with Crippen LogP contribution in [0.3, 0.4) is 0 Å². The van der Waals surface area contributed by atoms with Crippen LogP contribution in [0, 0.1) is 0 Å². The van der Waals surface area contributed by atoms with Crippen molar-refractivity contribution in [2.75, 3.05) is 13.8 Å². The van der Waals surface area contributed by atoms with Gasteiger partial charge in [0, 0.05) is 24.9 Å². The van der Waals surface area contributed by atoms with Gasteiger partial charge in [-0.05, 0) is 37.0 Å². The molecule has 0 aromatic carbocycles. The zero-order chi connectivity index (χ0) is 15.9. The molecule has 2 rings (SSSR count). The second kappa shape index (κ2) is 8.46. The summed E-state index contributed by atoms with van der Waals surface area (Å²) in [6.07, 6.45) is 13.1. The third-order valence-electron chi connectivity index (χ3n) is 4.49. The first kappa shape index (κ1) is 17.2. The Morgan fingerprint density at radius 2 is 2.14 bits per heavy atom. The van der Waals surface area contributed by atoms with Gasteiger partial charge in [0.2, 0.25) is 0 Å². The van der Waals surface area contributed by atoms with Crippen LogP contribution in [0.5, 0.6) is 0 Å². The number of alkyl halides is 1. The fourth-order valence-corrected chi connectivity index (χ4v) is 3.18. The second-order valence-corrected chi connectivity index (χ2v) is 6.14. The van der Waals surface area contributed by atoms with E-state index in [9.17, 15) is 4.39 Å². The topological polar surface area (TPSA) is 73.3 Å². The minimum absolute atomic E-state index is 0.210. The number of halogens is 1. The normalized spacial score (nSPS) is 28.4. The Labute approximate surface area is 132 Å². The summed E-state index contributed by atoms with van der Waals surface area (Å²) in [4.78, 5) is 0. The van der Waals surface area contributed by atoms with Crippen molar-refractivity contribution >= 4 is 0 Å². The maximum absolute atomic E-state index is 12.8. The molecule has 1 fully saturated rings. The van der Waals surface area contributed by atoms with Crippen LogP contribution in [0.25, 0.3) is 0 Å². The standard InChI is InChI=1S/C17H28FN3O/c1-22-17(15(20)11-18)12-5-4-6-13(10-9-12)21-16-8-3-2-7-14(16)19/h4,6,9-10,14-17,21H,2-3,5,7-8,11,19-20H2,1H3. The lowest BCUT2D eigenvalue weighted by Gasteiger charge is -2.30. The molecule has 0 aromatic rings.